The molecule has 0 radical (unpaired) electrons. The van der Waals surface area contributed by atoms with Gasteiger partial charge in [0.05, 0.1) is 0 Å². The molecule has 2 N–H and O–H groups in total. The van der Waals surface area contributed by atoms with Crippen molar-refractivity contribution in [3.05, 3.63) is 34.6 Å². The third kappa shape index (κ3) is 4.00. The summed E-state index contributed by atoms with van der Waals surface area (Å²) < 4.78 is 13.3. The van der Waals surface area contributed by atoms with Gasteiger partial charge in [0, 0.05) is 31.1 Å². The van der Waals surface area contributed by atoms with Crippen LogP contribution < -0.4 is 5.32 Å². The number of benzene rings is 1. The Morgan fingerprint density at radius 1 is 1.48 bits per heavy atom. The SMILES string of the molecule is CC(C)CN1CCC(O)(C(=O)NCc2cc(F)cc(Cl)c2)C1=O. The second kappa shape index (κ2) is 6.84. The van der Waals surface area contributed by atoms with Gasteiger partial charge >= 0.3 is 0 Å². The summed E-state index contributed by atoms with van der Waals surface area (Å²) in [5.74, 6) is -1.62. The maximum atomic E-state index is 13.3. The Bertz CT molecular complexity index is 603. The van der Waals surface area contributed by atoms with Crippen LogP contribution in [0.25, 0.3) is 0 Å². The van der Waals surface area contributed by atoms with Crippen LogP contribution in [0, 0.1) is 11.7 Å². The molecule has 5 nitrogen and oxygen atoms in total. The number of carbonyl (C=O) groups is 2. The Morgan fingerprint density at radius 3 is 2.78 bits per heavy atom. The first-order chi connectivity index (χ1) is 10.7. The Balaban J connectivity index is 2.01. The third-order valence-electron chi connectivity index (χ3n) is 3.72. The van der Waals surface area contributed by atoms with Crippen molar-refractivity contribution in [2.24, 2.45) is 5.92 Å². The van der Waals surface area contributed by atoms with Gasteiger partial charge in [0.15, 0.2) is 0 Å². The summed E-state index contributed by atoms with van der Waals surface area (Å²) in [7, 11) is 0. The Labute approximate surface area is 139 Å². The molecule has 1 atom stereocenters. The maximum Gasteiger partial charge on any atom is 0.264 e. The largest absolute Gasteiger partial charge is 0.372 e. The second-order valence-corrected chi connectivity index (χ2v) is 6.65. The van der Waals surface area contributed by atoms with E-state index in [1.807, 2.05) is 13.8 Å². The minimum atomic E-state index is -2.05. The van der Waals surface area contributed by atoms with E-state index in [9.17, 15) is 19.1 Å². The Kier molecular flexibility index (Phi) is 5.26. The first-order valence-electron chi connectivity index (χ1n) is 7.47. The van der Waals surface area contributed by atoms with Crippen LogP contribution >= 0.6 is 11.6 Å². The molecule has 1 aromatic carbocycles. The zero-order valence-electron chi connectivity index (χ0n) is 13.1. The van der Waals surface area contributed by atoms with Gasteiger partial charge in [-0.15, -0.1) is 0 Å². The lowest BCUT2D eigenvalue weighted by Gasteiger charge is -2.22. The van der Waals surface area contributed by atoms with E-state index < -0.39 is 23.2 Å². The van der Waals surface area contributed by atoms with Crippen molar-refractivity contribution >= 4 is 23.4 Å². The lowest BCUT2D eigenvalue weighted by molar-refractivity contribution is -0.154. The van der Waals surface area contributed by atoms with Crippen LogP contribution in [-0.2, 0) is 16.1 Å². The van der Waals surface area contributed by atoms with Gasteiger partial charge < -0.3 is 15.3 Å². The number of hydrogen-bond donors (Lipinski definition) is 2. The highest BCUT2D eigenvalue weighted by Crippen LogP contribution is 2.24. The lowest BCUT2D eigenvalue weighted by atomic mass is 10.0. The maximum absolute atomic E-state index is 13.3. The van der Waals surface area contributed by atoms with Crippen molar-refractivity contribution in [2.45, 2.75) is 32.4 Å². The molecular formula is C16H20ClFN2O3. The fraction of sp³-hybridized carbons (Fsp3) is 0.500. The summed E-state index contributed by atoms with van der Waals surface area (Å²) >= 11 is 5.75. The van der Waals surface area contributed by atoms with Crippen LogP contribution in [0.5, 0.6) is 0 Å². The molecule has 2 amide bonds. The molecule has 1 aliphatic rings. The van der Waals surface area contributed by atoms with E-state index in [0.29, 0.717) is 18.7 Å². The zero-order chi connectivity index (χ0) is 17.2. The number of nitrogens with zero attached hydrogens (tertiary/aromatic N) is 1. The van der Waals surface area contributed by atoms with E-state index in [-0.39, 0.29) is 23.9 Å². The van der Waals surface area contributed by atoms with Crippen LogP contribution in [-0.4, -0.2) is 40.5 Å². The smallest absolute Gasteiger partial charge is 0.264 e. The van der Waals surface area contributed by atoms with Crippen LogP contribution in [0.2, 0.25) is 5.02 Å². The minimum absolute atomic E-state index is 0.0178. The molecule has 2 rings (SSSR count). The van der Waals surface area contributed by atoms with E-state index in [1.54, 1.807) is 0 Å². The quantitative estimate of drug-likeness (QED) is 0.800. The first kappa shape index (κ1) is 17.7. The highest BCUT2D eigenvalue weighted by molar-refractivity contribution is 6.30. The molecule has 7 heteroatoms. The van der Waals surface area contributed by atoms with E-state index >= 15 is 0 Å². The molecule has 1 aliphatic heterocycles. The Hall–Kier alpha value is -1.66. The monoisotopic (exact) mass is 342 g/mol. The molecule has 0 aromatic heterocycles. The molecule has 0 aliphatic carbocycles. The summed E-state index contributed by atoms with van der Waals surface area (Å²) in [6.45, 7) is 4.73. The summed E-state index contributed by atoms with van der Waals surface area (Å²) in [6, 6.07) is 3.90. The van der Waals surface area contributed by atoms with Gasteiger partial charge in [-0.25, -0.2) is 4.39 Å². The van der Waals surface area contributed by atoms with Crippen molar-refractivity contribution in [3.8, 4) is 0 Å². The summed E-state index contributed by atoms with van der Waals surface area (Å²) in [5, 5.41) is 13.1. The molecule has 1 saturated heterocycles. The molecule has 0 saturated carbocycles. The number of amides is 2. The first-order valence-corrected chi connectivity index (χ1v) is 7.85. The van der Waals surface area contributed by atoms with Crippen LogP contribution in [0.3, 0.4) is 0 Å². The van der Waals surface area contributed by atoms with Crippen LogP contribution in [0.15, 0.2) is 18.2 Å². The number of rotatable bonds is 5. The number of carbonyl (C=O) groups excluding carboxylic acids is 2. The topological polar surface area (TPSA) is 69.6 Å². The van der Waals surface area contributed by atoms with Crippen molar-refractivity contribution < 1.29 is 19.1 Å². The molecule has 1 unspecified atom stereocenters. The number of aliphatic hydroxyl groups is 1. The van der Waals surface area contributed by atoms with E-state index in [4.69, 9.17) is 11.6 Å². The van der Waals surface area contributed by atoms with E-state index in [0.717, 1.165) is 6.07 Å². The molecular weight excluding hydrogens is 323 g/mol. The highest BCUT2D eigenvalue weighted by atomic mass is 35.5. The molecule has 1 aromatic rings. The predicted molar refractivity (Wildman–Crippen MR) is 84.2 cm³/mol. The number of halogens is 2. The van der Waals surface area contributed by atoms with Crippen LogP contribution in [0.1, 0.15) is 25.8 Å². The van der Waals surface area contributed by atoms with Crippen molar-refractivity contribution in [1.29, 1.82) is 0 Å². The van der Waals surface area contributed by atoms with Gasteiger partial charge in [0.25, 0.3) is 11.8 Å². The van der Waals surface area contributed by atoms with E-state index in [1.165, 1.54) is 17.0 Å². The standard InChI is InChI=1S/C16H20ClFN2O3/c1-10(2)9-20-4-3-16(23,15(20)22)14(21)19-8-11-5-12(17)7-13(18)6-11/h5-7,10,23H,3-4,8-9H2,1-2H3,(H,19,21). The van der Waals surface area contributed by atoms with Crippen molar-refractivity contribution in [1.82, 2.24) is 10.2 Å². The Morgan fingerprint density at radius 2 is 2.17 bits per heavy atom. The normalized spacial score (nSPS) is 21.1. The van der Waals surface area contributed by atoms with Crippen LogP contribution in [0.4, 0.5) is 4.39 Å². The molecule has 1 heterocycles. The number of likely N-dealkylation sites (tertiary alicyclic amines) is 1. The highest BCUT2D eigenvalue weighted by Gasteiger charge is 2.51. The average molecular weight is 343 g/mol. The number of hydrogen-bond acceptors (Lipinski definition) is 3. The van der Waals surface area contributed by atoms with Gasteiger partial charge in [-0.2, -0.15) is 0 Å². The number of nitrogens with one attached hydrogen (secondary N) is 1. The molecule has 0 spiro atoms. The summed E-state index contributed by atoms with van der Waals surface area (Å²) in [6.07, 6.45) is 0.0499. The molecule has 126 valence electrons. The zero-order valence-corrected chi connectivity index (χ0v) is 13.9. The van der Waals surface area contributed by atoms with Gasteiger partial charge in [-0.1, -0.05) is 25.4 Å². The average Bonchev–Trinajstić information content (AvgIpc) is 2.73. The van der Waals surface area contributed by atoms with Gasteiger partial charge in [0.2, 0.25) is 5.60 Å². The molecule has 1 fully saturated rings. The summed E-state index contributed by atoms with van der Waals surface area (Å²) in [4.78, 5) is 26.0. The summed E-state index contributed by atoms with van der Waals surface area (Å²) in [5.41, 5.74) is -1.59. The van der Waals surface area contributed by atoms with Crippen molar-refractivity contribution in [2.75, 3.05) is 13.1 Å². The predicted octanol–water partition coefficient (Wildman–Crippen LogP) is 1.71. The molecule has 23 heavy (non-hydrogen) atoms. The van der Waals surface area contributed by atoms with E-state index in [2.05, 4.69) is 5.32 Å². The lowest BCUT2D eigenvalue weighted by Crippen LogP contribution is -2.52. The fourth-order valence-electron chi connectivity index (χ4n) is 2.63. The molecule has 0 bridgehead atoms. The minimum Gasteiger partial charge on any atom is -0.372 e. The van der Waals surface area contributed by atoms with Gasteiger partial charge in [-0.05, 0) is 29.7 Å². The third-order valence-corrected chi connectivity index (χ3v) is 3.94. The van der Waals surface area contributed by atoms with Crippen molar-refractivity contribution in [3.63, 3.8) is 0 Å². The van der Waals surface area contributed by atoms with Gasteiger partial charge in [0.1, 0.15) is 5.82 Å². The van der Waals surface area contributed by atoms with Gasteiger partial charge in [-0.3, -0.25) is 9.59 Å². The fourth-order valence-corrected chi connectivity index (χ4v) is 2.88. The second-order valence-electron chi connectivity index (χ2n) is 6.22.